The van der Waals surface area contributed by atoms with Gasteiger partial charge in [0.25, 0.3) is 0 Å². The minimum absolute atomic E-state index is 0.743. The monoisotopic (exact) mass is 255 g/mol. The first-order valence-corrected chi connectivity index (χ1v) is 6.78. The van der Waals surface area contributed by atoms with Crippen molar-refractivity contribution in [2.45, 2.75) is 26.7 Å². The van der Waals surface area contributed by atoms with Crippen molar-refractivity contribution in [2.75, 3.05) is 17.2 Å². The van der Waals surface area contributed by atoms with Crippen LogP contribution < -0.4 is 10.6 Å². The summed E-state index contributed by atoms with van der Waals surface area (Å²) in [5, 5.41) is 0. The predicted molar refractivity (Wildman–Crippen MR) is 81.7 cm³/mol. The second-order valence-corrected chi connectivity index (χ2v) is 4.68. The number of hydrogen-bond acceptors (Lipinski definition) is 3. The second kappa shape index (κ2) is 6.23. The van der Waals surface area contributed by atoms with Crippen LogP contribution in [0, 0.1) is 6.92 Å². The Morgan fingerprint density at radius 3 is 2.47 bits per heavy atom. The van der Waals surface area contributed by atoms with Gasteiger partial charge in [-0.1, -0.05) is 31.5 Å². The van der Waals surface area contributed by atoms with Crippen molar-refractivity contribution in [1.82, 2.24) is 4.98 Å². The summed E-state index contributed by atoms with van der Waals surface area (Å²) in [5.74, 6) is 0.964. The van der Waals surface area contributed by atoms with E-state index in [1.807, 2.05) is 25.1 Å². The van der Waals surface area contributed by atoms with Gasteiger partial charge in [-0.3, -0.25) is 0 Å². The lowest BCUT2D eigenvalue weighted by Crippen LogP contribution is -2.19. The van der Waals surface area contributed by atoms with Crippen molar-refractivity contribution in [1.29, 1.82) is 0 Å². The summed E-state index contributed by atoms with van der Waals surface area (Å²) in [4.78, 5) is 6.85. The van der Waals surface area contributed by atoms with Gasteiger partial charge in [0.2, 0.25) is 0 Å². The van der Waals surface area contributed by atoms with E-state index in [1.54, 1.807) is 0 Å². The van der Waals surface area contributed by atoms with E-state index < -0.39 is 0 Å². The molecule has 2 rings (SSSR count). The third kappa shape index (κ3) is 3.25. The van der Waals surface area contributed by atoms with E-state index in [0.29, 0.717) is 0 Å². The van der Waals surface area contributed by atoms with Gasteiger partial charge in [0.1, 0.15) is 5.82 Å². The lowest BCUT2D eigenvalue weighted by atomic mass is 10.2. The highest BCUT2D eigenvalue weighted by Crippen LogP contribution is 2.25. The number of aromatic nitrogens is 1. The van der Waals surface area contributed by atoms with Crippen LogP contribution in [0.5, 0.6) is 0 Å². The highest BCUT2D eigenvalue weighted by molar-refractivity contribution is 5.61. The molecule has 0 aliphatic heterocycles. The largest absolute Gasteiger partial charge is 0.397 e. The van der Waals surface area contributed by atoms with Gasteiger partial charge in [0, 0.05) is 12.2 Å². The van der Waals surface area contributed by atoms with E-state index >= 15 is 0 Å². The topological polar surface area (TPSA) is 42.1 Å². The summed E-state index contributed by atoms with van der Waals surface area (Å²) in [5.41, 5.74) is 8.65. The molecule has 100 valence electrons. The zero-order chi connectivity index (χ0) is 13.7. The van der Waals surface area contributed by atoms with Crippen LogP contribution in [0.3, 0.4) is 0 Å². The number of para-hydroxylation sites is 1. The number of nitrogen functional groups attached to an aromatic ring is 1. The van der Waals surface area contributed by atoms with Crippen molar-refractivity contribution in [3.8, 4) is 0 Å². The van der Waals surface area contributed by atoms with E-state index in [1.165, 1.54) is 5.69 Å². The van der Waals surface area contributed by atoms with Gasteiger partial charge in [-0.15, -0.1) is 0 Å². The molecular formula is C16H21N3. The molecular weight excluding hydrogens is 234 g/mol. The van der Waals surface area contributed by atoms with Gasteiger partial charge >= 0.3 is 0 Å². The van der Waals surface area contributed by atoms with Gasteiger partial charge in [-0.2, -0.15) is 0 Å². The maximum atomic E-state index is 5.85. The van der Waals surface area contributed by atoms with Crippen LogP contribution >= 0.6 is 0 Å². The number of benzene rings is 1. The maximum Gasteiger partial charge on any atom is 0.133 e. The molecule has 1 aromatic heterocycles. The highest BCUT2D eigenvalue weighted by Gasteiger charge is 2.10. The maximum absolute atomic E-state index is 5.85. The Kier molecular flexibility index (Phi) is 4.39. The number of pyridine rings is 1. The first-order valence-electron chi connectivity index (χ1n) is 6.78. The molecule has 0 fully saturated rings. The van der Waals surface area contributed by atoms with E-state index in [2.05, 4.69) is 41.1 Å². The number of aryl methyl sites for hydroxylation is 1. The SMILES string of the molecule is CCCCN(c1ccccc1)c1ccc(N)c(C)n1. The Morgan fingerprint density at radius 1 is 1.11 bits per heavy atom. The average molecular weight is 255 g/mol. The number of nitrogens with zero attached hydrogens (tertiary/aromatic N) is 2. The van der Waals surface area contributed by atoms with Crippen molar-refractivity contribution >= 4 is 17.2 Å². The summed E-state index contributed by atoms with van der Waals surface area (Å²) >= 11 is 0. The van der Waals surface area contributed by atoms with Gasteiger partial charge in [-0.05, 0) is 37.6 Å². The Balaban J connectivity index is 2.34. The van der Waals surface area contributed by atoms with Gasteiger partial charge in [0.05, 0.1) is 11.4 Å². The number of rotatable bonds is 5. The lowest BCUT2D eigenvalue weighted by Gasteiger charge is -2.24. The molecule has 0 aliphatic rings. The van der Waals surface area contributed by atoms with E-state index in [0.717, 1.165) is 36.6 Å². The van der Waals surface area contributed by atoms with Crippen LogP contribution in [-0.4, -0.2) is 11.5 Å². The summed E-state index contributed by atoms with van der Waals surface area (Å²) in [6.07, 6.45) is 2.30. The molecule has 0 amide bonds. The van der Waals surface area contributed by atoms with Gasteiger partial charge in [0.15, 0.2) is 0 Å². The van der Waals surface area contributed by atoms with Crippen LogP contribution in [0.1, 0.15) is 25.5 Å². The zero-order valence-corrected chi connectivity index (χ0v) is 11.6. The normalized spacial score (nSPS) is 10.4. The molecule has 0 saturated carbocycles. The molecule has 19 heavy (non-hydrogen) atoms. The fraction of sp³-hybridized carbons (Fsp3) is 0.312. The standard InChI is InChI=1S/C16H21N3/c1-3-4-12-19(14-8-6-5-7-9-14)16-11-10-15(17)13(2)18-16/h5-11H,3-4,12,17H2,1-2H3. The lowest BCUT2D eigenvalue weighted by molar-refractivity contribution is 0.779. The minimum Gasteiger partial charge on any atom is -0.397 e. The molecule has 0 radical (unpaired) electrons. The molecule has 2 aromatic rings. The Morgan fingerprint density at radius 2 is 1.84 bits per heavy atom. The van der Waals surface area contributed by atoms with Crippen molar-refractivity contribution in [2.24, 2.45) is 0 Å². The fourth-order valence-electron chi connectivity index (χ4n) is 2.01. The van der Waals surface area contributed by atoms with Crippen molar-refractivity contribution < 1.29 is 0 Å². The molecule has 1 heterocycles. The number of nitrogens with two attached hydrogens (primary N) is 1. The second-order valence-electron chi connectivity index (χ2n) is 4.68. The van der Waals surface area contributed by atoms with Gasteiger partial charge in [-0.25, -0.2) is 4.98 Å². The molecule has 0 saturated heterocycles. The minimum atomic E-state index is 0.743. The number of anilines is 3. The third-order valence-corrected chi connectivity index (χ3v) is 3.19. The molecule has 1 aromatic carbocycles. The molecule has 3 heteroatoms. The first kappa shape index (κ1) is 13.4. The molecule has 0 bridgehead atoms. The summed E-state index contributed by atoms with van der Waals surface area (Å²) in [6, 6.07) is 14.3. The predicted octanol–water partition coefficient (Wildman–Crippen LogP) is 3.91. The molecule has 3 nitrogen and oxygen atoms in total. The summed E-state index contributed by atoms with van der Waals surface area (Å²) in [6.45, 7) is 5.11. The van der Waals surface area contributed by atoms with Crippen LogP contribution in [-0.2, 0) is 0 Å². The van der Waals surface area contributed by atoms with Gasteiger partial charge < -0.3 is 10.6 Å². The number of unbranched alkanes of at least 4 members (excludes halogenated alkanes) is 1. The summed E-state index contributed by atoms with van der Waals surface area (Å²) < 4.78 is 0. The zero-order valence-electron chi connectivity index (χ0n) is 11.6. The summed E-state index contributed by atoms with van der Waals surface area (Å²) in [7, 11) is 0. The Bertz CT molecular complexity index is 523. The quantitative estimate of drug-likeness (QED) is 0.880. The Labute approximate surface area is 115 Å². The van der Waals surface area contributed by atoms with Crippen molar-refractivity contribution in [3.05, 3.63) is 48.2 Å². The van der Waals surface area contributed by atoms with Crippen LogP contribution in [0.15, 0.2) is 42.5 Å². The first-order chi connectivity index (χ1) is 9.22. The highest BCUT2D eigenvalue weighted by atomic mass is 15.2. The molecule has 0 aliphatic carbocycles. The molecule has 0 unspecified atom stereocenters. The van der Waals surface area contributed by atoms with E-state index in [4.69, 9.17) is 5.73 Å². The third-order valence-electron chi connectivity index (χ3n) is 3.19. The van der Waals surface area contributed by atoms with Crippen molar-refractivity contribution in [3.63, 3.8) is 0 Å². The average Bonchev–Trinajstić information content (AvgIpc) is 2.44. The van der Waals surface area contributed by atoms with Crippen LogP contribution in [0.4, 0.5) is 17.2 Å². The molecule has 0 atom stereocenters. The smallest absolute Gasteiger partial charge is 0.133 e. The molecule has 0 spiro atoms. The number of hydrogen-bond donors (Lipinski definition) is 1. The van der Waals surface area contributed by atoms with Crippen LogP contribution in [0.2, 0.25) is 0 Å². The van der Waals surface area contributed by atoms with Crippen LogP contribution in [0.25, 0.3) is 0 Å². The van der Waals surface area contributed by atoms with E-state index in [-0.39, 0.29) is 0 Å². The fourth-order valence-corrected chi connectivity index (χ4v) is 2.01. The Hall–Kier alpha value is -2.03. The molecule has 2 N–H and O–H groups in total. The van der Waals surface area contributed by atoms with E-state index in [9.17, 15) is 0 Å².